The average Bonchev–Trinajstić information content (AvgIpc) is 3.64. The molecule has 0 unspecified atom stereocenters. The van der Waals surface area contributed by atoms with Gasteiger partial charge in [0.05, 0.1) is 31.1 Å². The first-order chi connectivity index (χ1) is 17.1. The number of aromatic nitrogens is 2. The third-order valence-electron chi connectivity index (χ3n) is 5.53. The number of hydrogen-bond acceptors (Lipinski definition) is 6. The highest BCUT2D eigenvalue weighted by molar-refractivity contribution is 6.00. The number of methoxy groups -OCH3 is 1. The number of ether oxygens (including phenoxy) is 2. The number of carbonyl (C=O) groups is 2. The molecule has 1 aliphatic carbocycles. The molecule has 0 radical (unpaired) electrons. The third-order valence-corrected chi connectivity index (χ3v) is 5.53. The van der Waals surface area contributed by atoms with E-state index in [0.717, 1.165) is 12.1 Å². The number of hydrogen-bond donors (Lipinski definition) is 3. The molecule has 1 fully saturated rings. The van der Waals surface area contributed by atoms with E-state index in [1.807, 2.05) is 0 Å². The van der Waals surface area contributed by atoms with E-state index in [9.17, 15) is 27.6 Å². The van der Waals surface area contributed by atoms with E-state index in [0.29, 0.717) is 18.5 Å². The quantitative estimate of drug-likeness (QED) is 0.435. The van der Waals surface area contributed by atoms with Gasteiger partial charge < -0.3 is 25.1 Å². The number of carbonyl (C=O) groups excluding carboxylic acids is 2. The summed E-state index contributed by atoms with van der Waals surface area (Å²) in [6, 6.07) is 8.87. The molecule has 2 aromatic heterocycles. The van der Waals surface area contributed by atoms with Gasteiger partial charge in [-0.2, -0.15) is 13.2 Å². The molecule has 2 amide bonds. The maximum Gasteiger partial charge on any atom is 0.420 e. The number of benzene rings is 1. The highest BCUT2D eigenvalue weighted by Crippen LogP contribution is 2.40. The summed E-state index contributed by atoms with van der Waals surface area (Å²) in [6.07, 6.45) is -1.22. The molecule has 0 aliphatic heterocycles. The normalized spacial score (nSPS) is 14.0. The van der Waals surface area contributed by atoms with E-state index in [1.54, 1.807) is 0 Å². The Morgan fingerprint density at radius 2 is 1.86 bits per heavy atom. The van der Waals surface area contributed by atoms with Crippen molar-refractivity contribution in [2.45, 2.75) is 31.1 Å². The van der Waals surface area contributed by atoms with Crippen LogP contribution in [0.25, 0.3) is 0 Å². The molecule has 36 heavy (non-hydrogen) atoms. The molecule has 3 aromatic rings. The second-order valence-corrected chi connectivity index (χ2v) is 8.11. The van der Waals surface area contributed by atoms with Crippen LogP contribution in [0.15, 0.2) is 59.7 Å². The Morgan fingerprint density at radius 3 is 2.44 bits per heavy atom. The predicted octanol–water partition coefficient (Wildman–Crippen LogP) is 3.17. The van der Waals surface area contributed by atoms with Gasteiger partial charge in [0.15, 0.2) is 0 Å². The average molecular weight is 502 g/mol. The van der Waals surface area contributed by atoms with E-state index in [-0.39, 0.29) is 29.2 Å². The lowest BCUT2D eigenvalue weighted by atomic mass is 10.2. The lowest BCUT2D eigenvalue weighted by molar-refractivity contribution is -0.138. The molecule has 0 spiro atoms. The van der Waals surface area contributed by atoms with E-state index < -0.39 is 34.8 Å². The van der Waals surface area contributed by atoms with E-state index >= 15 is 0 Å². The number of H-pyrrole nitrogens is 1. The molecule has 12 heteroatoms. The highest BCUT2D eigenvalue weighted by atomic mass is 19.4. The number of rotatable bonds is 8. The van der Waals surface area contributed by atoms with Crippen molar-refractivity contribution in [3.05, 3.63) is 82.0 Å². The molecule has 0 saturated heterocycles. The summed E-state index contributed by atoms with van der Waals surface area (Å²) in [4.78, 5) is 42.7. The Bertz CT molecular complexity index is 1310. The number of aromatic amines is 1. The number of pyridine rings is 2. The van der Waals surface area contributed by atoms with Crippen molar-refractivity contribution >= 4 is 11.8 Å². The van der Waals surface area contributed by atoms with E-state index in [2.05, 4.69) is 20.6 Å². The lowest BCUT2D eigenvalue weighted by Crippen LogP contribution is -2.48. The van der Waals surface area contributed by atoms with Gasteiger partial charge in [-0.3, -0.25) is 19.4 Å². The topological polar surface area (TPSA) is 122 Å². The van der Waals surface area contributed by atoms with Gasteiger partial charge >= 0.3 is 6.18 Å². The van der Waals surface area contributed by atoms with Crippen LogP contribution in [0.4, 0.5) is 13.2 Å². The minimum Gasteiger partial charge on any atom is -0.497 e. The van der Waals surface area contributed by atoms with Crippen molar-refractivity contribution in [1.29, 1.82) is 0 Å². The van der Waals surface area contributed by atoms with Crippen molar-refractivity contribution in [1.82, 2.24) is 20.6 Å². The molecular weight excluding hydrogens is 481 g/mol. The zero-order valence-electron chi connectivity index (χ0n) is 18.9. The van der Waals surface area contributed by atoms with Gasteiger partial charge in [-0.05, 0) is 49.2 Å². The zero-order valence-corrected chi connectivity index (χ0v) is 18.9. The van der Waals surface area contributed by atoms with Gasteiger partial charge in [0, 0.05) is 12.3 Å². The van der Waals surface area contributed by atoms with Crippen molar-refractivity contribution in [2.75, 3.05) is 7.11 Å². The number of amides is 2. The first kappa shape index (κ1) is 24.8. The number of halogens is 3. The first-order valence-electron chi connectivity index (χ1n) is 10.8. The predicted molar refractivity (Wildman–Crippen MR) is 121 cm³/mol. The molecule has 9 nitrogen and oxygen atoms in total. The smallest absolute Gasteiger partial charge is 0.420 e. The first-order valence-corrected chi connectivity index (χ1v) is 10.8. The van der Waals surface area contributed by atoms with Gasteiger partial charge in [0.1, 0.15) is 28.4 Å². The summed E-state index contributed by atoms with van der Waals surface area (Å²) in [5, 5.41) is 5.39. The summed E-state index contributed by atoms with van der Waals surface area (Å²) >= 11 is 0. The second-order valence-electron chi connectivity index (χ2n) is 8.11. The van der Waals surface area contributed by atoms with Crippen molar-refractivity contribution in [2.24, 2.45) is 0 Å². The van der Waals surface area contributed by atoms with Gasteiger partial charge in [-0.25, -0.2) is 0 Å². The van der Waals surface area contributed by atoms with Crippen LogP contribution in [0.5, 0.6) is 17.2 Å². The molecule has 1 saturated carbocycles. The Labute approximate surface area is 202 Å². The molecule has 0 atom stereocenters. The molecule has 4 rings (SSSR count). The monoisotopic (exact) mass is 502 g/mol. The number of nitrogens with zero attached hydrogens (tertiary/aromatic N) is 1. The van der Waals surface area contributed by atoms with E-state index in [4.69, 9.17) is 9.47 Å². The van der Waals surface area contributed by atoms with Gasteiger partial charge in [0.25, 0.3) is 5.91 Å². The van der Waals surface area contributed by atoms with Crippen molar-refractivity contribution in [3.63, 3.8) is 0 Å². The zero-order chi connectivity index (χ0) is 25.9. The van der Waals surface area contributed by atoms with Crippen LogP contribution >= 0.6 is 0 Å². The third kappa shape index (κ3) is 5.65. The van der Waals surface area contributed by atoms with Crippen LogP contribution in [0.3, 0.4) is 0 Å². The van der Waals surface area contributed by atoms with Crippen LogP contribution in [0, 0.1) is 0 Å². The molecular formula is C24H21F3N4O5. The summed E-state index contributed by atoms with van der Waals surface area (Å²) in [6.45, 7) is 0.0335. The molecule has 0 bridgehead atoms. The minimum atomic E-state index is -4.65. The Kier molecular flexibility index (Phi) is 6.69. The minimum absolute atomic E-state index is 0.0335. The van der Waals surface area contributed by atoms with Crippen LogP contribution in [-0.2, 0) is 17.5 Å². The fourth-order valence-electron chi connectivity index (χ4n) is 3.36. The van der Waals surface area contributed by atoms with Crippen LogP contribution in [-0.4, -0.2) is 34.4 Å². The lowest BCUT2D eigenvalue weighted by Gasteiger charge is -2.17. The fraction of sp³-hybridized carbons (Fsp3) is 0.250. The number of nitrogens with one attached hydrogen (secondary N) is 3. The Hall–Kier alpha value is -4.35. The summed E-state index contributed by atoms with van der Waals surface area (Å²) < 4.78 is 50.3. The van der Waals surface area contributed by atoms with Crippen LogP contribution in [0.2, 0.25) is 0 Å². The van der Waals surface area contributed by atoms with Crippen molar-refractivity contribution < 1.29 is 32.2 Å². The molecule has 188 valence electrons. The maximum absolute atomic E-state index is 13.4. The van der Waals surface area contributed by atoms with Gasteiger partial charge in [0.2, 0.25) is 11.5 Å². The summed E-state index contributed by atoms with van der Waals surface area (Å²) in [7, 11) is 1.27. The highest BCUT2D eigenvalue weighted by Gasteiger charge is 2.51. The fourth-order valence-corrected chi connectivity index (χ4v) is 3.36. The standard InChI is InChI=1S/C24H21F3N4O5/c1-35-16-5-6-19(18(10-16)24(25,26)27)36-17-4-3-15(28-13-17)12-30-22(34)23(8-9-23)31-21(33)14-2-7-20(32)29-11-14/h2-7,10-11,13H,8-9,12H2,1H3,(H,29,32)(H,30,34)(H,31,33). The van der Waals surface area contributed by atoms with Crippen LogP contribution in [0.1, 0.15) is 34.5 Å². The molecule has 3 N–H and O–H groups in total. The SMILES string of the molecule is COc1ccc(Oc2ccc(CNC(=O)C3(NC(=O)c4ccc(=O)[nH]c4)CC3)nc2)c(C(F)(F)F)c1. The summed E-state index contributed by atoms with van der Waals surface area (Å²) in [5.74, 6) is -1.17. The van der Waals surface area contributed by atoms with Crippen LogP contribution < -0.4 is 25.7 Å². The summed E-state index contributed by atoms with van der Waals surface area (Å²) in [5.41, 5.74) is -1.73. The Morgan fingerprint density at radius 1 is 1.11 bits per heavy atom. The number of alkyl halides is 3. The molecule has 1 aromatic carbocycles. The van der Waals surface area contributed by atoms with Gasteiger partial charge in [-0.15, -0.1) is 0 Å². The molecule has 2 heterocycles. The largest absolute Gasteiger partial charge is 0.497 e. The maximum atomic E-state index is 13.4. The van der Waals surface area contributed by atoms with Gasteiger partial charge in [-0.1, -0.05) is 0 Å². The van der Waals surface area contributed by atoms with E-state index in [1.165, 1.54) is 49.8 Å². The second kappa shape index (κ2) is 9.72. The molecule has 1 aliphatic rings. The Balaban J connectivity index is 1.35. The van der Waals surface area contributed by atoms with Crippen molar-refractivity contribution in [3.8, 4) is 17.2 Å².